The summed E-state index contributed by atoms with van der Waals surface area (Å²) in [6.07, 6.45) is 5.37. The molecule has 0 aromatic heterocycles. The molecule has 0 aromatic carbocycles. The molecule has 12 heavy (non-hydrogen) atoms. The van der Waals surface area contributed by atoms with Gasteiger partial charge in [-0.05, 0) is 6.08 Å². The summed E-state index contributed by atoms with van der Waals surface area (Å²) in [7, 11) is 0. The zero-order valence-electron chi connectivity index (χ0n) is 6.70. The highest BCUT2D eigenvalue weighted by atomic mass is 16.1. The smallest absolute Gasteiger partial charge is 0.221 e. The molecule has 0 radical (unpaired) electrons. The molecular formula is C9H9NO2. The summed E-state index contributed by atoms with van der Waals surface area (Å²) in [6.45, 7) is 1.45. The average Bonchev–Trinajstić information content (AvgIpc) is 2.20. The van der Waals surface area contributed by atoms with Gasteiger partial charge < -0.3 is 5.32 Å². The second-order valence-corrected chi connectivity index (χ2v) is 3.12. The molecule has 0 fully saturated rings. The second-order valence-electron chi connectivity index (χ2n) is 3.12. The molecule has 3 nitrogen and oxygen atoms in total. The van der Waals surface area contributed by atoms with Crippen LogP contribution in [0.1, 0.15) is 6.92 Å². The van der Waals surface area contributed by atoms with E-state index in [0.717, 1.165) is 5.70 Å². The Morgan fingerprint density at radius 2 is 2.33 bits per heavy atom. The predicted molar refractivity (Wildman–Crippen MR) is 43.0 cm³/mol. The Labute approximate surface area is 70.1 Å². The maximum absolute atomic E-state index is 11.1. The first-order chi connectivity index (χ1) is 5.68. The summed E-state index contributed by atoms with van der Waals surface area (Å²) >= 11 is 0. The number of fused-ring (bicyclic) bond motifs is 1. The summed E-state index contributed by atoms with van der Waals surface area (Å²) in [4.78, 5) is 21.8. The van der Waals surface area contributed by atoms with Crippen molar-refractivity contribution in [2.45, 2.75) is 6.92 Å². The highest BCUT2D eigenvalue weighted by Gasteiger charge is 2.39. The van der Waals surface area contributed by atoms with Crippen molar-refractivity contribution in [1.82, 2.24) is 5.32 Å². The van der Waals surface area contributed by atoms with Crippen LogP contribution in [0.3, 0.4) is 0 Å². The van der Waals surface area contributed by atoms with Crippen LogP contribution in [0.25, 0.3) is 0 Å². The first kappa shape index (κ1) is 7.28. The summed E-state index contributed by atoms with van der Waals surface area (Å²) in [5.41, 5.74) is 0.766. The Hall–Kier alpha value is -1.38. The summed E-state index contributed by atoms with van der Waals surface area (Å²) in [5, 5.41) is 2.64. The molecule has 0 heterocycles. The third kappa shape index (κ3) is 0.897. The Bertz CT molecular complexity index is 314. The van der Waals surface area contributed by atoms with E-state index in [9.17, 15) is 9.59 Å². The zero-order chi connectivity index (χ0) is 8.72. The van der Waals surface area contributed by atoms with Crippen LogP contribution in [0.4, 0.5) is 0 Å². The molecule has 2 unspecified atom stereocenters. The van der Waals surface area contributed by atoms with E-state index in [1.807, 2.05) is 12.2 Å². The third-order valence-corrected chi connectivity index (χ3v) is 2.20. The molecule has 0 saturated carbocycles. The lowest BCUT2D eigenvalue weighted by Gasteiger charge is -2.28. The van der Waals surface area contributed by atoms with Crippen molar-refractivity contribution in [2.75, 3.05) is 0 Å². The second kappa shape index (κ2) is 2.30. The highest BCUT2D eigenvalue weighted by Crippen LogP contribution is 2.37. The van der Waals surface area contributed by atoms with Gasteiger partial charge in [0.25, 0.3) is 0 Å². The van der Waals surface area contributed by atoms with E-state index in [0.29, 0.717) is 0 Å². The normalized spacial score (nSPS) is 30.8. The van der Waals surface area contributed by atoms with E-state index in [-0.39, 0.29) is 23.5 Å². The lowest BCUT2D eigenvalue weighted by atomic mass is 9.80. The number of hydrogen-bond donors (Lipinski definition) is 1. The maximum atomic E-state index is 11.1. The van der Waals surface area contributed by atoms with Crippen LogP contribution in [0.15, 0.2) is 23.9 Å². The molecule has 0 spiro atoms. The Balaban J connectivity index is 2.10. The highest BCUT2D eigenvalue weighted by molar-refractivity contribution is 5.99. The van der Waals surface area contributed by atoms with Crippen molar-refractivity contribution in [1.29, 1.82) is 0 Å². The number of nitrogens with one attached hydrogen (secondary N) is 1. The topological polar surface area (TPSA) is 46.2 Å². The largest absolute Gasteiger partial charge is 0.330 e. The van der Waals surface area contributed by atoms with E-state index in [1.54, 1.807) is 6.08 Å². The van der Waals surface area contributed by atoms with Crippen molar-refractivity contribution in [3.63, 3.8) is 0 Å². The Morgan fingerprint density at radius 3 is 2.92 bits per heavy atom. The lowest BCUT2D eigenvalue weighted by Crippen LogP contribution is -2.36. The van der Waals surface area contributed by atoms with Crippen molar-refractivity contribution in [3.05, 3.63) is 23.9 Å². The average molecular weight is 163 g/mol. The van der Waals surface area contributed by atoms with Crippen LogP contribution in [0, 0.1) is 11.8 Å². The van der Waals surface area contributed by atoms with Gasteiger partial charge in [0.05, 0.1) is 5.92 Å². The molecular weight excluding hydrogens is 154 g/mol. The fourth-order valence-corrected chi connectivity index (χ4v) is 1.64. The van der Waals surface area contributed by atoms with Gasteiger partial charge in [0.15, 0.2) is 5.78 Å². The van der Waals surface area contributed by atoms with Crippen LogP contribution >= 0.6 is 0 Å². The zero-order valence-corrected chi connectivity index (χ0v) is 6.70. The molecule has 0 bridgehead atoms. The first-order valence-corrected chi connectivity index (χ1v) is 3.90. The number of allylic oxidation sites excluding steroid dienone is 4. The van der Waals surface area contributed by atoms with E-state index in [1.165, 1.54) is 6.92 Å². The van der Waals surface area contributed by atoms with Crippen LogP contribution < -0.4 is 5.32 Å². The molecule has 0 aromatic rings. The van der Waals surface area contributed by atoms with Gasteiger partial charge in [0.2, 0.25) is 5.91 Å². The Morgan fingerprint density at radius 1 is 1.58 bits per heavy atom. The lowest BCUT2D eigenvalue weighted by molar-refractivity contribution is -0.119. The van der Waals surface area contributed by atoms with Gasteiger partial charge in [-0.2, -0.15) is 0 Å². The van der Waals surface area contributed by atoms with Gasteiger partial charge in [-0.3, -0.25) is 9.59 Å². The van der Waals surface area contributed by atoms with E-state index in [2.05, 4.69) is 5.32 Å². The minimum absolute atomic E-state index is 0.0890. The monoisotopic (exact) mass is 163 g/mol. The molecule has 3 heteroatoms. The van der Waals surface area contributed by atoms with E-state index in [4.69, 9.17) is 0 Å². The minimum Gasteiger partial charge on any atom is -0.330 e. The molecule has 2 rings (SSSR count). The van der Waals surface area contributed by atoms with E-state index < -0.39 is 0 Å². The molecule has 2 aliphatic rings. The summed E-state index contributed by atoms with van der Waals surface area (Å²) in [6, 6.07) is 0. The van der Waals surface area contributed by atoms with Crippen LogP contribution in [0.2, 0.25) is 0 Å². The predicted octanol–water partition coefficient (Wildman–Crippen LogP) is 0.391. The van der Waals surface area contributed by atoms with Gasteiger partial charge in [-0.15, -0.1) is 0 Å². The van der Waals surface area contributed by atoms with Crippen molar-refractivity contribution < 1.29 is 9.59 Å². The number of carbonyl (C=O) groups excluding carboxylic acids is 2. The number of hydrogen-bond acceptors (Lipinski definition) is 2. The third-order valence-electron chi connectivity index (χ3n) is 2.20. The fraction of sp³-hybridized carbons (Fsp3) is 0.333. The summed E-state index contributed by atoms with van der Waals surface area (Å²) < 4.78 is 0. The number of carbonyl (C=O) groups is 2. The van der Waals surface area contributed by atoms with Gasteiger partial charge in [0, 0.05) is 18.5 Å². The van der Waals surface area contributed by atoms with Crippen LogP contribution in [-0.4, -0.2) is 11.7 Å². The van der Waals surface area contributed by atoms with Crippen molar-refractivity contribution >= 4 is 11.7 Å². The van der Waals surface area contributed by atoms with E-state index >= 15 is 0 Å². The number of amides is 1. The molecule has 0 aliphatic heterocycles. The SMILES string of the molecule is CC(=O)NC1=CC2C=CC(=O)C12. The van der Waals surface area contributed by atoms with Gasteiger partial charge in [-0.1, -0.05) is 12.2 Å². The van der Waals surface area contributed by atoms with Crippen LogP contribution in [0.5, 0.6) is 0 Å². The molecule has 0 saturated heterocycles. The van der Waals surface area contributed by atoms with Gasteiger partial charge >= 0.3 is 0 Å². The number of rotatable bonds is 1. The first-order valence-electron chi connectivity index (χ1n) is 3.90. The van der Waals surface area contributed by atoms with Crippen LogP contribution in [-0.2, 0) is 9.59 Å². The standard InChI is InChI=1S/C9H9NO2/c1-5(11)10-7-4-6-2-3-8(12)9(6)7/h2-4,6,9H,1H3,(H,10,11). The quantitative estimate of drug-likeness (QED) is 0.607. The molecule has 1 amide bonds. The maximum Gasteiger partial charge on any atom is 0.221 e. The molecule has 2 atom stereocenters. The molecule has 1 N–H and O–H groups in total. The van der Waals surface area contributed by atoms with Crippen molar-refractivity contribution in [3.8, 4) is 0 Å². The summed E-state index contributed by atoms with van der Waals surface area (Å²) in [5.74, 6) is 0.138. The fourth-order valence-electron chi connectivity index (χ4n) is 1.64. The molecule has 2 aliphatic carbocycles. The molecule has 62 valence electrons. The van der Waals surface area contributed by atoms with Gasteiger partial charge in [-0.25, -0.2) is 0 Å². The van der Waals surface area contributed by atoms with Gasteiger partial charge in [0.1, 0.15) is 0 Å². The number of ketones is 1. The minimum atomic E-state index is -0.112. The Kier molecular flexibility index (Phi) is 1.40. The van der Waals surface area contributed by atoms with Crippen molar-refractivity contribution in [2.24, 2.45) is 11.8 Å².